The standard InChI is InChI=1S/C15H19FN2O2/c1-10-2-3-11(16)12(8-10)18-13-14(19)17-9-15(13)4-6-20-7-5-15/h2-3,8,13,18H,4-7,9H2,1H3,(H,17,19). The number of rotatable bonds is 2. The number of ether oxygens (including phenoxy) is 1. The summed E-state index contributed by atoms with van der Waals surface area (Å²) in [6.45, 7) is 3.86. The Morgan fingerprint density at radius 1 is 1.40 bits per heavy atom. The molecule has 3 rings (SSSR count). The molecule has 2 aliphatic rings. The molecule has 1 aromatic rings. The minimum absolute atomic E-state index is 0.0483. The van der Waals surface area contributed by atoms with E-state index in [4.69, 9.17) is 4.74 Å². The SMILES string of the molecule is Cc1ccc(F)c(NC2C(=O)NCC23CCOCC3)c1. The third-order valence-electron chi connectivity index (χ3n) is 4.40. The normalized spacial score (nSPS) is 24.7. The molecule has 2 fully saturated rings. The predicted octanol–water partition coefficient (Wildman–Crippen LogP) is 1.84. The van der Waals surface area contributed by atoms with Crippen LogP contribution in [0.15, 0.2) is 18.2 Å². The first-order chi connectivity index (χ1) is 9.61. The molecule has 20 heavy (non-hydrogen) atoms. The van der Waals surface area contributed by atoms with Crippen molar-refractivity contribution in [2.75, 3.05) is 25.1 Å². The van der Waals surface area contributed by atoms with E-state index in [2.05, 4.69) is 10.6 Å². The molecule has 1 unspecified atom stereocenters. The maximum Gasteiger partial charge on any atom is 0.243 e. The van der Waals surface area contributed by atoms with E-state index in [0.717, 1.165) is 18.4 Å². The first-order valence-electron chi connectivity index (χ1n) is 6.99. The second kappa shape index (κ2) is 5.05. The maximum atomic E-state index is 13.9. The number of hydrogen-bond donors (Lipinski definition) is 2. The Bertz CT molecular complexity index is 527. The van der Waals surface area contributed by atoms with Gasteiger partial charge in [-0.2, -0.15) is 0 Å². The Morgan fingerprint density at radius 2 is 2.15 bits per heavy atom. The van der Waals surface area contributed by atoms with E-state index in [9.17, 15) is 9.18 Å². The highest BCUT2D eigenvalue weighted by molar-refractivity contribution is 5.88. The third kappa shape index (κ3) is 2.26. The van der Waals surface area contributed by atoms with Gasteiger partial charge in [0.2, 0.25) is 5.91 Å². The van der Waals surface area contributed by atoms with E-state index in [-0.39, 0.29) is 23.2 Å². The van der Waals surface area contributed by atoms with Crippen LogP contribution in [0.1, 0.15) is 18.4 Å². The van der Waals surface area contributed by atoms with Gasteiger partial charge in [0, 0.05) is 25.2 Å². The van der Waals surface area contributed by atoms with Crippen LogP contribution >= 0.6 is 0 Å². The lowest BCUT2D eigenvalue weighted by Gasteiger charge is -2.37. The number of carbonyl (C=O) groups is 1. The highest BCUT2D eigenvalue weighted by Crippen LogP contribution is 2.39. The quantitative estimate of drug-likeness (QED) is 0.868. The van der Waals surface area contributed by atoms with Crippen molar-refractivity contribution < 1.29 is 13.9 Å². The zero-order valence-electron chi connectivity index (χ0n) is 11.5. The second-order valence-corrected chi connectivity index (χ2v) is 5.75. The number of aryl methyl sites for hydroxylation is 1. The van der Waals surface area contributed by atoms with Gasteiger partial charge < -0.3 is 15.4 Å². The van der Waals surface area contributed by atoms with Crippen molar-refractivity contribution in [2.24, 2.45) is 5.41 Å². The van der Waals surface area contributed by atoms with Gasteiger partial charge in [-0.25, -0.2) is 4.39 Å². The number of halogens is 1. The molecule has 5 heteroatoms. The summed E-state index contributed by atoms with van der Waals surface area (Å²) >= 11 is 0. The summed E-state index contributed by atoms with van der Waals surface area (Å²) in [4.78, 5) is 12.1. The van der Waals surface area contributed by atoms with Gasteiger partial charge in [0.05, 0.1) is 5.69 Å². The first kappa shape index (κ1) is 13.4. The van der Waals surface area contributed by atoms with Crippen LogP contribution in [-0.4, -0.2) is 31.7 Å². The van der Waals surface area contributed by atoms with Crippen LogP contribution in [-0.2, 0) is 9.53 Å². The fourth-order valence-corrected chi connectivity index (χ4v) is 3.11. The number of benzene rings is 1. The van der Waals surface area contributed by atoms with Crippen LogP contribution in [0.5, 0.6) is 0 Å². The molecule has 2 N–H and O–H groups in total. The van der Waals surface area contributed by atoms with Crippen molar-refractivity contribution in [3.8, 4) is 0 Å². The minimum atomic E-state index is -0.386. The van der Waals surface area contributed by atoms with Crippen molar-refractivity contribution in [3.05, 3.63) is 29.6 Å². The highest BCUT2D eigenvalue weighted by Gasteiger charge is 2.49. The fourth-order valence-electron chi connectivity index (χ4n) is 3.11. The van der Waals surface area contributed by atoms with Crippen LogP contribution in [0.4, 0.5) is 10.1 Å². The molecule has 0 aromatic heterocycles. The second-order valence-electron chi connectivity index (χ2n) is 5.75. The lowest BCUT2D eigenvalue weighted by Crippen LogP contribution is -2.45. The Hall–Kier alpha value is -1.62. The van der Waals surface area contributed by atoms with Crippen molar-refractivity contribution in [2.45, 2.75) is 25.8 Å². The van der Waals surface area contributed by atoms with Gasteiger partial charge in [-0.3, -0.25) is 4.79 Å². The molecular formula is C15H19FN2O2. The number of hydrogen-bond acceptors (Lipinski definition) is 3. The van der Waals surface area contributed by atoms with Crippen LogP contribution in [0.25, 0.3) is 0 Å². The van der Waals surface area contributed by atoms with Gasteiger partial charge in [0.1, 0.15) is 11.9 Å². The molecule has 1 spiro atoms. The summed E-state index contributed by atoms with van der Waals surface area (Å²) in [5.74, 6) is -0.370. The number of carbonyl (C=O) groups excluding carboxylic acids is 1. The van der Waals surface area contributed by atoms with Crippen LogP contribution in [0, 0.1) is 18.2 Å². The summed E-state index contributed by atoms with van der Waals surface area (Å²) in [5, 5.41) is 6.02. The molecule has 0 saturated carbocycles. The van der Waals surface area contributed by atoms with E-state index in [1.54, 1.807) is 12.1 Å². The summed E-state index contributed by atoms with van der Waals surface area (Å²) in [7, 11) is 0. The monoisotopic (exact) mass is 278 g/mol. The van der Waals surface area contributed by atoms with E-state index in [0.29, 0.717) is 25.4 Å². The summed E-state index contributed by atoms with van der Waals surface area (Å²) in [6.07, 6.45) is 1.63. The lowest BCUT2D eigenvalue weighted by molar-refractivity contribution is -0.121. The fraction of sp³-hybridized carbons (Fsp3) is 0.533. The Kier molecular flexibility index (Phi) is 3.38. The first-order valence-corrected chi connectivity index (χ1v) is 6.99. The van der Waals surface area contributed by atoms with Gasteiger partial charge in [-0.15, -0.1) is 0 Å². The minimum Gasteiger partial charge on any atom is -0.381 e. The summed E-state index contributed by atoms with van der Waals surface area (Å²) in [5.41, 5.74) is 1.21. The number of amides is 1. The topological polar surface area (TPSA) is 50.4 Å². The van der Waals surface area contributed by atoms with Gasteiger partial charge in [0.15, 0.2) is 0 Å². The largest absolute Gasteiger partial charge is 0.381 e. The number of nitrogens with one attached hydrogen (secondary N) is 2. The van der Waals surface area contributed by atoms with Gasteiger partial charge >= 0.3 is 0 Å². The molecule has 1 atom stereocenters. The van der Waals surface area contributed by atoms with Crippen LogP contribution < -0.4 is 10.6 Å². The van der Waals surface area contributed by atoms with E-state index in [1.807, 2.05) is 6.92 Å². The van der Waals surface area contributed by atoms with E-state index in [1.165, 1.54) is 6.07 Å². The molecule has 2 saturated heterocycles. The molecule has 2 heterocycles. The third-order valence-corrected chi connectivity index (χ3v) is 4.40. The molecule has 0 bridgehead atoms. The van der Waals surface area contributed by atoms with Gasteiger partial charge in [0.25, 0.3) is 0 Å². The van der Waals surface area contributed by atoms with Crippen molar-refractivity contribution in [1.29, 1.82) is 0 Å². The zero-order valence-corrected chi connectivity index (χ0v) is 11.5. The van der Waals surface area contributed by atoms with E-state index >= 15 is 0 Å². The summed E-state index contributed by atoms with van der Waals surface area (Å²) in [6, 6.07) is 4.51. The van der Waals surface area contributed by atoms with Crippen molar-refractivity contribution in [3.63, 3.8) is 0 Å². The molecule has 108 valence electrons. The van der Waals surface area contributed by atoms with Crippen molar-refractivity contribution in [1.82, 2.24) is 5.32 Å². The maximum absolute atomic E-state index is 13.9. The smallest absolute Gasteiger partial charge is 0.243 e. The average molecular weight is 278 g/mol. The molecule has 4 nitrogen and oxygen atoms in total. The Labute approximate surface area is 117 Å². The lowest BCUT2D eigenvalue weighted by atomic mass is 9.76. The molecule has 0 radical (unpaired) electrons. The predicted molar refractivity (Wildman–Crippen MR) is 74.0 cm³/mol. The van der Waals surface area contributed by atoms with Crippen LogP contribution in [0.2, 0.25) is 0 Å². The molecule has 2 aliphatic heterocycles. The molecular weight excluding hydrogens is 259 g/mol. The van der Waals surface area contributed by atoms with E-state index < -0.39 is 0 Å². The zero-order chi connectivity index (χ0) is 14.2. The summed E-state index contributed by atoms with van der Waals surface area (Å²) < 4.78 is 19.3. The average Bonchev–Trinajstić information content (AvgIpc) is 2.73. The van der Waals surface area contributed by atoms with Crippen molar-refractivity contribution >= 4 is 11.6 Å². The van der Waals surface area contributed by atoms with Gasteiger partial charge in [-0.1, -0.05) is 6.07 Å². The molecule has 1 aromatic carbocycles. The highest BCUT2D eigenvalue weighted by atomic mass is 19.1. The van der Waals surface area contributed by atoms with Crippen LogP contribution in [0.3, 0.4) is 0 Å². The Morgan fingerprint density at radius 3 is 2.90 bits per heavy atom. The van der Waals surface area contributed by atoms with Gasteiger partial charge in [-0.05, 0) is 37.5 Å². The number of anilines is 1. The molecule has 1 amide bonds. The Balaban J connectivity index is 1.87. The molecule has 0 aliphatic carbocycles.